The predicted octanol–water partition coefficient (Wildman–Crippen LogP) is 6.52. The molecular weight excluding hydrogens is 512 g/mol. The first kappa shape index (κ1) is 29.8. The van der Waals surface area contributed by atoms with Crippen molar-refractivity contribution >= 4 is 12.0 Å². The number of rotatable bonds is 13. The van der Waals surface area contributed by atoms with Gasteiger partial charge in [0.25, 0.3) is 0 Å². The average Bonchev–Trinajstić information content (AvgIpc) is 3.01. The van der Waals surface area contributed by atoms with E-state index in [1.807, 2.05) is 24.3 Å². The second kappa shape index (κ2) is 16.2. The molecule has 0 saturated carbocycles. The van der Waals surface area contributed by atoms with Crippen molar-refractivity contribution < 1.29 is 19.0 Å². The summed E-state index contributed by atoms with van der Waals surface area (Å²) in [5.41, 5.74) is 3.63. The molecule has 0 N–H and O–H groups in total. The van der Waals surface area contributed by atoms with Crippen LogP contribution >= 0.6 is 0 Å². The minimum Gasteiger partial charge on any atom is -0.493 e. The van der Waals surface area contributed by atoms with Crippen LogP contribution in [0.3, 0.4) is 0 Å². The normalized spacial score (nSPS) is 14.8. The van der Waals surface area contributed by atoms with Crippen LogP contribution in [0.2, 0.25) is 0 Å². The van der Waals surface area contributed by atoms with Gasteiger partial charge in [-0.1, -0.05) is 85.0 Å². The highest BCUT2D eigenvalue weighted by Crippen LogP contribution is 2.30. The molecule has 0 atom stereocenters. The third-order valence-corrected chi connectivity index (χ3v) is 7.01. The minimum absolute atomic E-state index is 0.283. The van der Waals surface area contributed by atoms with Gasteiger partial charge in [-0.3, -0.25) is 4.90 Å². The molecule has 4 rings (SSSR count). The standard InChI is InChI=1S/C35H40N2O4/c1-3-40-34(38)19-11-10-14-29-20-21-32(33(28-29)39-2)41-27-13-12-22-36-23-25-37(26-24-36)35(30-15-6-4-7-16-30)31-17-8-5-9-18-31/h4-11,13-21,27-28,35H,3,12,22-26H2,1-2H3/b14-10?,19-11?,27-13+. The summed E-state index contributed by atoms with van der Waals surface area (Å²) >= 11 is 0. The zero-order valence-corrected chi connectivity index (χ0v) is 24.0. The molecule has 6 heteroatoms. The van der Waals surface area contributed by atoms with Gasteiger partial charge in [0, 0.05) is 38.8 Å². The van der Waals surface area contributed by atoms with Crippen LogP contribution in [0.15, 0.2) is 109 Å². The second-order valence-corrected chi connectivity index (χ2v) is 9.76. The lowest BCUT2D eigenvalue weighted by Gasteiger charge is -2.39. The minimum atomic E-state index is -0.354. The molecule has 0 radical (unpaired) electrons. The molecule has 1 saturated heterocycles. The van der Waals surface area contributed by atoms with Crippen LogP contribution in [-0.2, 0) is 9.53 Å². The fourth-order valence-corrected chi connectivity index (χ4v) is 4.95. The van der Waals surface area contributed by atoms with Gasteiger partial charge in [0.2, 0.25) is 0 Å². The highest BCUT2D eigenvalue weighted by atomic mass is 16.5. The van der Waals surface area contributed by atoms with Gasteiger partial charge in [-0.15, -0.1) is 0 Å². The van der Waals surface area contributed by atoms with Gasteiger partial charge in [0.15, 0.2) is 11.5 Å². The van der Waals surface area contributed by atoms with Crippen LogP contribution in [0.25, 0.3) is 6.08 Å². The molecule has 1 heterocycles. The van der Waals surface area contributed by atoms with Gasteiger partial charge >= 0.3 is 5.97 Å². The summed E-state index contributed by atoms with van der Waals surface area (Å²) in [5.74, 6) is 0.949. The van der Waals surface area contributed by atoms with Gasteiger partial charge in [0.1, 0.15) is 0 Å². The fourth-order valence-electron chi connectivity index (χ4n) is 4.95. The van der Waals surface area contributed by atoms with Gasteiger partial charge in [0.05, 0.1) is 26.0 Å². The molecule has 1 aliphatic heterocycles. The average molecular weight is 553 g/mol. The number of allylic oxidation sites excluding steroid dienone is 2. The number of methoxy groups -OCH3 is 1. The summed E-state index contributed by atoms with van der Waals surface area (Å²) in [6.07, 6.45) is 11.4. The Morgan fingerprint density at radius 1 is 0.878 bits per heavy atom. The van der Waals surface area contributed by atoms with Crippen LogP contribution < -0.4 is 9.47 Å². The summed E-state index contributed by atoms with van der Waals surface area (Å²) < 4.78 is 16.3. The van der Waals surface area contributed by atoms with Crippen LogP contribution in [-0.4, -0.2) is 62.2 Å². The van der Waals surface area contributed by atoms with Crippen LogP contribution in [0.4, 0.5) is 0 Å². The topological polar surface area (TPSA) is 51.2 Å². The third-order valence-electron chi connectivity index (χ3n) is 7.01. The van der Waals surface area contributed by atoms with Crippen molar-refractivity contribution in [3.63, 3.8) is 0 Å². The summed E-state index contributed by atoms with van der Waals surface area (Å²) in [5, 5.41) is 0. The van der Waals surface area contributed by atoms with E-state index in [1.165, 1.54) is 17.2 Å². The number of carbonyl (C=O) groups is 1. The van der Waals surface area contributed by atoms with Crippen molar-refractivity contribution in [2.75, 3.05) is 46.4 Å². The van der Waals surface area contributed by atoms with E-state index in [9.17, 15) is 4.79 Å². The van der Waals surface area contributed by atoms with Gasteiger partial charge in [-0.25, -0.2) is 4.79 Å². The van der Waals surface area contributed by atoms with Crippen molar-refractivity contribution in [3.05, 3.63) is 126 Å². The Balaban J connectivity index is 1.23. The first-order valence-corrected chi connectivity index (χ1v) is 14.3. The number of carbonyl (C=O) groups excluding carboxylic acids is 1. The maximum atomic E-state index is 11.4. The Bertz CT molecular complexity index is 1260. The van der Waals surface area contributed by atoms with Crippen LogP contribution in [0.1, 0.15) is 36.1 Å². The number of piperazine rings is 1. The van der Waals surface area contributed by atoms with Crippen molar-refractivity contribution in [2.24, 2.45) is 0 Å². The molecule has 1 fully saturated rings. The van der Waals surface area contributed by atoms with Crippen molar-refractivity contribution in [1.82, 2.24) is 9.80 Å². The summed E-state index contributed by atoms with van der Waals surface area (Å²) in [7, 11) is 1.62. The van der Waals surface area contributed by atoms with E-state index in [4.69, 9.17) is 14.2 Å². The van der Waals surface area contributed by atoms with Gasteiger partial charge in [-0.05, 0) is 48.2 Å². The van der Waals surface area contributed by atoms with E-state index in [0.717, 1.165) is 44.7 Å². The smallest absolute Gasteiger partial charge is 0.330 e. The van der Waals surface area contributed by atoms with Gasteiger partial charge < -0.3 is 19.1 Å². The van der Waals surface area contributed by atoms with Crippen molar-refractivity contribution in [3.8, 4) is 11.5 Å². The molecule has 6 nitrogen and oxygen atoms in total. The fraction of sp³-hybridized carbons (Fsp3) is 0.286. The highest BCUT2D eigenvalue weighted by Gasteiger charge is 2.25. The molecule has 3 aromatic rings. The zero-order chi connectivity index (χ0) is 28.7. The van der Waals surface area contributed by atoms with E-state index in [-0.39, 0.29) is 12.0 Å². The summed E-state index contributed by atoms with van der Waals surface area (Å²) in [4.78, 5) is 16.5. The Hall–Kier alpha value is -4.13. The largest absolute Gasteiger partial charge is 0.493 e. The third kappa shape index (κ3) is 9.20. The van der Waals surface area contributed by atoms with Crippen molar-refractivity contribution in [2.45, 2.75) is 19.4 Å². The first-order valence-electron chi connectivity index (χ1n) is 14.3. The molecule has 41 heavy (non-hydrogen) atoms. The highest BCUT2D eigenvalue weighted by molar-refractivity contribution is 5.82. The Labute approximate surface area is 244 Å². The Morgan fingerprint density at radius 2 is 1.56 bits per heavy atom. The quantitative estimate of drug-likeness (QED) is 0.104. The molecule has 214 valence electrons. The molecule has 0 aromatic heterocycles. The molecule has 0 spiro atoms. The van der Waals surface area contributed by atoms with E-state index >= 15 is 0 Å². The van der Waals surface area contributed by atoms with E-state index < -0.39 is 0 Å². The zero-order valence-electron chi connectivity index (χ0n) is 24.0. The van der Waals surface area contributed by atoms with E-state index in [1.54, 1.807) is 32.4 Å². The number of benzene rings is 3. The van der Waals surface area contributed by atoms with Crippen LogP contribution in [0, 0.1) is 0 Å². The summed E-state index contributed by atoms with van der Waals surface area (Å²) in [6.45, 7) is 7.29. The second-order valence-electron chi connectivity index (χ2n) is 9.76. The molecule has 0 bridgehead atoms. The molecule has 3 aromatic carbocycles. The maximum absolute atomic E-state index is 11.4. The lowest BCUT2D eigenvalue weighted by molar-refractivity contribution is -0.137. The molecule has 0 amide bonds. The Kier molecular flexibility index (Phi) is 11.8. The Morgan fingerprint density at radius 3 is 2.20 bits per heavy atom. The van der Waals surface area contributed by atoms with Crippen molar-refractivity contribution in [1.29, 1.82) is 0 Å². The molecule has 1 aliphatic rings. The molecule has 0 unspecified atom stereocenters. The molecular formula is C35H40N2O4. The monoisotopic (exact) mass is 552 g/mol. The number of ether oxygens (including phenoxy) is 3. The molecule has 0 aliphatic carbocycles. The predicted molar refractivity (Wildman–Crippen MR) is 165 cm³/mol. The lowest BCUT2D eigenvalue weighted by atomic mass is 9.96. The lowest BCUT2D eigenvalue weighted by Crippen LogP contribution is -2.47. The number of hydrogen-bond acceptors (Lipinski definition) is 6. The maximum Gasteiger partial charge on any atom is 0.330 e. The van der Waals surface area contributed by atoms with E-state index in [2.05, 4.69) is 76.5 Å². The number of nitrogens with zero attached hydrogens (tertiary/aromatic N) is 2. The number of hydrogen-bond donors (Lipinski definition) is 0. The van der Waals surface area contributed by atoms with Crippen LogP contribution in [0.5, 0.6) is 11.5 Å². The van der Waals surface area contributed by atoms with Gasteiger partial charge in [-0.2, -0.15) is 0 Å². The number of esters is 1. The van der Waals surface area contributed by atoms with E-state index in [0.29, 0.717) is 18.1 Å². The first-order chi connectivity index (χ1) is 20.2. The summed E-state index contributed by atoms with van der Waals surface area (Å²) in [6, 6.07) is 27.6. The SMILES string of the molecule is CCOC(=O)C=CC=Cc1ccc(O/C=C/CCN2CCN(C(c3ccccc3)c3ccccc3)CC2)c(OC)c1.